The van der Waals surface area contributed by atoms with E-state index in [1.807, 2.05) is 0 Å². The molecule has 19 heavy (non-hydrogen) atoms. The predicted octanol–water partition coefficient (Wildman–Crippen LogP) is 2.53. The number of nitrogens with zero attached hydrogens (tertiary/aromatic N) is 1. The molecule has 1 aliphatic heterocycles. The zero-order chi connectivity index (χ0) is 14.3. The second-order valence-electron chi connectivity index (χ2n) is 7.17. The fourth-order valence-corrected chi connectivity index (χ4v) is 3.11. The summed E-state index contributed by atoms with van der Waals surface area (Å²) in [5, 5.41) is 9.21. The zero-order valence-corrected chi connectivity index (χ0v) is 12.2. The Balaban J connectivity index is 2.00. The molecule has 1 amide bonds. The second-order valence-corrected chi connectivity index (χ2v) is 7.17. The number of aliphatic carboxylic acids is 1. The summed E-state index contributed by atoms with van der Waals surface area (Å²) in [6, 6.07) is 0. The highest BCUT2D eigenvalue weighted by Gasteiger charge is 2.58. The average Bonchev–Trinajstić information content (AvgIpc) is 3.12. The van der Waals surface area contributed by atoms with Gasteiger partial charge >= 0.3 is 5.97 Å². The summed E-state index contributed by atoms with van der Waals surface area (Å²) in [5.74, 6) is -0.464. The molecular formula is C15H25NO3. The van der Waals surface area contributed by atoms with Crippen molar-refractivity contribution in [1.29, 1.82) is 0 Å². The maximum atomic E-state index is 12.4. The number of carbonyl (C=O) groups is 2. The van der Waals surface area contributed by atoms with Crippen molar-refractivity contribution in [3.63, 3.8) is 0 Å². The lowest BCUT2D eigenvalue weighted by atomic mass is 9.77. The summed E-state index contributed by atoms with van der Waals surface area (Å²) in [6.45, 7) is 8.18. The van der Waals surface area contributed by atoms with Gasteiger partial charge in [-0.05, 0) is 43.4 Å². The maximum absolute atomic E-state index is 12.4. The number of rotatable bonds is 2. The van der Waals surface area contributed by atoms with Crippen LogP contribution in [-0.2, 0) is 9.59 Å². The molecule has 4 heteroatoms. The molecule has 1 N–H and O–H groups in total. The standard InChI is InChI=1S/C15H25NO3/c1-14(2,3)11-5-4-9-16(10-6-11)12(17)15(7-8-15)13(18)19/h11H,4-10H2,1-3H3,(H,18,19). The van der Waals surface area contributed by atoms with E-state index in [0.717, 1.165) is 32.4 Å². The molecule has 0 aromatic carbocycles. The number of likely N-dealkylation sites (tertiary alicyclic amines) is 1. The smallest absolute Gasteiger partial charge is 0.319 e. The van der Waals surface area contributed by atoms with Gasteiger partial charge in [0.15, 0.2) is 0 Å². The Morgan fingerprint density at radius 1 is 1.16 bits per heavy atom. The largest absolute Gasteiger partial charge is 0.480 e. The monoisotopic (exact) mass is 267 g/mol. The molecule has 2 rings (SSSR count). The Bertz CT molecular complexity index is 379. The summed E-state index contributed by atoms with van der Waals surface area (Å²) >= 11 is 0. The lowest BCUT2D eigenvalue weighted by molar-refractivity contribution is -0.153. The highest BCUT2D eigenvalue weighted by molar-refractivity contribution is 6.04. The minimum absolute atomic E-state index is 0.144. The third kappa shape index (κ3) is 2.77. The van der Waals surface area contributed by atoms with Gasteiger partial charge in [0, 0.05) is 13.1 Å². The molecule has 0 aromatic rings. The zero-order valence-electron chi connectivity index (χ0n) is 12.2. The van der Waals surface area contributed by atoms with Crippen LogP contribution in [-0.4, -0.2) is 35.0 Å². The molecule has 1 aliphatic carbocycles. The number of carboxylic acid groups (broad SMARTS) is 1. The van der Waals surface area contributed by atoms with Crippen LogP contribution in [0.25, 0.3) is 0 Å². The van der Waals surface area contributed by atoms with Crippen molar-refractivity contribution in [3.8, 4) is 0 Å². The molecule has 108 valence electrons. The number of carbonyl (C=O) groups excluding carboxylic acids is 1. The lowest BCUT2D eigenvalue weighted by Crippen LogP contribution is -2.41. The van der Waals surface area contributed by atoms with E-state index in [2.05, 4.69) is 20.8 Å². The van der Waals surface area contributed by atoms with E-state index in [1.54, 1.807) is 4.90 Å². The Kier molecular flexibility index (Phi) is 3.63. The van der Waals surface area contributed by atoms with E-state index in [4.69, 9.17) is 0 Å². The van der Waals surface area contributed by atoms with Crippen molar-refractivity contribution < 1.29 is 14.7 Å². The first-order chi connectivity index (χ1) is 8.77. The van der Waals surface area contributed by atoms with Crippen LogP contribution in [0.3, 0.4) is 0 Å². The number of hydrogen-bond acceptors (Lipinski definition) is 2. The molecule has 1 atom stereocenters. The van der Waals surface area contributed by atoms with Gasteiger partial charge in [-0.1, -0.05) is 20.8 Å². The molecular weight excluding hydrogens is 242 g/mol. The van der Waals surface area contributed by atoms with Gasteiger partial charge in [-0.25, -0.2) is 0 Å². The van der Waals surface area contributed by atoms with Crippen molar-refractivity contribution in [2.24, 2.45) is 16.7 Å². The number of hydrogen-bond donors (Lipinski definition) is 1. The van der Waals surface area contributed by atoms with Crippen LogP contribution in [0.15, 0.2) is 0 Å². The van der Waals surface area contributed by atoms with Gasteiger partial charge in [0.25, 0.3) is 0 Å². The summed E-state index contributed by atoms with van der Waals surface area (Å²) in [6.07, 6.45) is 4.14. The first-order valence-electron chi connectivity index (χ1n) is 7.30. The minimum atomic E-state index is -1.07. The normalized spacial score (nSPS) is 26.7. The first-order valence-corrected chi connectivity index (χ1v) is 7.30. The Morgan fingerprint density at radius 2 is 1.79 bits per heavy atom. The fourth-order valence-electron chi connectivity index (χ4n) is 3.11. The van der Waals surface area contributed by atoms with Gasteiger partial charge in [-0.2, -0.15) is 0 Å². The van der Waals surface area contributed by atoms with Crippen LogP contribution in [0, 0.1) is 16.7 Å². The van der Waals surface area contributed by atoms with Gasteiger partial charge in [0.05, 0.1) is 0 Å². The van der Waals surface area contributed by atoms with Crippen molar-refractivity contribution in [3.05, 3.63) is 0 Å². The summed E-state index contributed by atoms with van der Waals surface area (Å²) in [4.78, 5) is 25.4. The molecule has 0 radical (unpaired) electrons. The van der Waals surface area contributed by atoms with E-state index in [9.17, 15) is 14.7 Å². The molecule has 2 fully saturated rings. The number of carboxylic acids is 1. The van der Waals surface area contributed by atoms with Gasteiger partial charge in [-0.3, -0.25) is 9.59 Å². The molecule has 4 nitrogen and oxygen atoms in total. The van der Waals surface area contributed by atoms with Gasteiger partial charge in [0.2, 0.25) is 5.91 Å². The van der Waals surface area contributed by atoms with Gasteiger partial charge in [0.1, 0.15) is 5.41 Å². The summed E-state index contributed by atoms with van der Waals surface area (Å²) < 4.78 is 0. The van der Waals surface area contributed by atoms with Crippen molar-refractivity contribution in [2.45, 2.75) is 52.9 Å². The maximum Gasteiger partial charge on any atom is 0.319 e. The van der Waals surface area contributed by atoms with Gasteiger partial charge in [-0.15, -0.1) is 0 Å². The molecule has 0 spiro atoms. The molecule has 2 aliphatic rings. The Morgan fingerprint density at radius 3 is 2.26 bits per heavy atom. The summed E-state index contributed by atoms with van der Waals surface area (Å²) in [7, 11) is 0. The molecule has 0 bridgehead atoms. The van der Waals surface area contributed by atoms with Crippen molar-refractivity contribution in [2.75, 3.05) is 13.1 Å². The minimum Gasteiger partial charge on any atom is -0.480 e. The Hall–Kier alpha value is -1.06. The van der Waals surface area contributed by atoms with E-state index < -0.39 is 11.4 Å². The number of amides is 1. The highest BCUT2D eigenvalue weighted by Crippen LogP contribution is 2.48. The van der Waals surface area contributed by atoms with E-state index >= 15 is 0 Å². The van der Waals surface area contributed by atoms with Gasteiger partial charge < -0.3 is 10.0 Å². The fraction of sp³-hybridized carbons (Fsp3) is 0.867. The van der Waals surface area contributed by atoms with Crippen LogP contribution >= 0.6 is 0 Å². The Labute approximate surface area is 115 Å². The van der Waals surface area contributed by atoms with Crippen LogP contribution in [0.5, 0.6) is 0 Å². The third-order valence-corrected chi connectivity index (χ3v) is 4.81. The molecule has 0 aromatic heterocycles. The quantitative estimate of drug-likeness (QED) is 0.782. The van der Waals surface area contributed by atoms with E-state index in [0.29, 0.717) is 18.8 Å². The molecule has 1 saturated heterocycles. The lowest BCUT2D eigenvalue weighted by Gasteiger charge is -2.30. The first kappa shape index (κ1) is 14.4. The highest BCUT2D eigenvalue weighted by atomic mass is 16.4. The SMILES string of the molecule is CC(C)(C)C1CCCN(C(=O)C2(C(=O)O)CC2)CC1. The summed E-state index contributed by atoms with van der Waals surface area (Å²) in [5.41, 5.74) is -0.801. The van der Waals surface area contributed by atoms with E-state index in [-0.39, 0.29) is 11.3 Å². The second kappa shape index (κ2) is 4.80. The van der Waals surface area contributed by atoms with Crippen LogP contribution in [0.4, 0.5) is 0 Å². The van der Waals surface area contributed by atoms with Crippen LogP contribution in [0.1, 0.15) is 52.9 Å². The molecule has 1 heterocycles. The van der Waals surface area contributed by atoms with Crippen molar-refractivity contribution >= 4 is 11.9 Å². The molecule has 1 unspecified atom stereocenters. The van der Waals surface area contributed by atoms with Crippen LogP contribution < -0.4 is 0 Å². The molecule has 1 saturated carbocycles. The van der Waals surface area contributed by atoms with Crippen LogP contribution in [0.2, 0.25) is 0 Å². The average molecular weight is 267 g/mol. The van der Waals surface area contributed by atoms with E-state index in [1.165, 1.54) is 0 Å². The van der Waals surface area contributed by atoms with Crippen molar-refractivity contribution in [1.82, 2.24) is 4.90 Å². The predicted molar refractivity (Wildman–Crippen MR) is 72.7 cm³/mol. The third-order valence-electron chi connectivity index (χ3n) is 4.81. The topological polar surface area (TPSA) is 57.6 Å².